The SMILES string of the molecule is COc1ccccc1Nc1cc(N(C)C)ncn1. The lowest BCUT2D eigenvalue weighted by Gasteiger charge is -2.13. The molecule has 0 unspecified atom stereocenters. The van der Waals surface area contributed by atoms with Crippen LogP contribution in [0.25, 0.3) is 0 Å². The highest BCUT2D eigenvalue weighted by molar-refractivity contribution is 5.65. The molecule has 0 spiro atoms. The average molecular weight is 244 g/mol. The van der Waals surface area contributed by atoms with Gasteiger partial charge < -0.3 is 15.0 Å². The van der Waals surface area contributed by atoms with E-state index in [0.29, 0.717) is 0 Å². The quantitative estimate of drug-likeness (QED) is 0.894. The van der Waals surface area contributed by atoms with Crippen LogP contribution in [0.3, 0.4) is 0 Å². The molecule has 0 bridgehead atoms. The number of nitrogens with zero attached hydrogens (tertiary/aromatic N) is 3. The molecule has 94 valence electrons. The molecule has 1 heterocycles. The van der Waals surface area contributed by atoms with Gasteiger partial charge in [0.15, 0.2) is 0 Å². The number of methoxy groups -OCH3 is 1. The van der Waals surface area contributed by atoms with Crippen molar-refractivity contribution in [2.24, 2.45) is 0 Å². The Hall–Kier alpha value is -2.30. The maximum absolute atomic E-state index is 5.28. The van der Waals surface area contributed by atoms with Crippen molar-refractivity contribution in [3.05, 3.63) is 36.7 Å². The third kappa shape index (κ3) is 2.68. The highest BCUT2D eigenvalue weighted by Gasteiger charge is 2.04. The van der Waals surface area contributed by atoms with Gasteiger partial charge in [-0.25, -0.2) is 9.97 Å². The zero-order valence-corrected chi connectivity index (χ0v) is 10.7. The summed E-state index contributed by atoms with van der Waals surface area (Å²) in [6.07, 6.45) is 1.53. The molecule has 2 aromatic rings. The van der Waals surface area contributed by atoms with Crippen molar-refractivity contribution in [2.45, 2.75) is 0 Å². The third-order valence-corrected chi connectivity index (χ3v) is 2.48. The summed E-state index contributed by atoms with van der Waals surface area (Å²) in [6, 6.07) is 9.59. The van der Waals surface area contributed by atoms with E-state index in [9.17, 15) is 0 Å². The molecule has 0 amide bonds. The van der Waals surface area contributed by atoms with Crippen LogP contribution < -0.4 is 15.0 Å². The molecule has 1 N–H and O–H groups in total. The summed E-state index contributed by atoms with van der Waals surface area (Å²) in [7, 11) is 5.52. The molecular formula is C13H16N4O. The van der Waals surface area contributed by atoms with Crippen LogP contribution in [0.5, 0.6) is 5.75 Å². The molecule has 1 aromatic carbocycles. The van der Waals surface area contributed by atoms with Gasteiger partial charge in [-0.2, -0.15) is 0 Å². The fraction of sp³-hybridized carbons (Fsp3) is 0.231. The number of para-hydroxylation sites is 2. The Morgan fingerprint density at radius 3 is 2.67 bits per heavy atom. The molecule has 0 aliphatic rings. The number of benzene rings is 1. The monoisotopic (exact) mass is 244 g/mol. The van der Waals surface area contributed by atoms with Gasteiger partial charge in [0.1, 0.15) is 23.7 Å². The fourth-order valence-corrected chi connectivity index (χ4v) is 1.55. The molecule has 0 fully saturated rings. The molecular weight excluding hydrogens is 228 g/mol. The lowest BCUT2D eigenvalue weighted by molar-refractivity contribution is 0.417. The maximum atomic E-state index is 5.28. The van der Waals surface area contributed by atoms with E-state index in [1.54, 1.807) is 7.11 Å². The van der Waals surface area contributed by atoms with Crippen molar-refractivity contribution in [3.8, 4) is 5.75 Å². The van der Waals surface area contributed by atoms with Crippen molar-refractivity contribution < 1.29 is 4.74 Å². The van der Waals surface area contributed by atoms with Gasteiger partial charge in [-0.3, -0.25) is 0 Å². The molecule has 2 rings (SSSR count). The van der Waals surface area contributed by atoms with Gasteiger partial charge in [0, 0.05) is 20.2 Å². The second-order valence-electron chi connectivity index (χ2n) is 3.98. The van der Waals surface area contributed by atoms with Gasteiger partial charge in [-0.15, -0.1) is 0 Å². The van der Waals surface area contributed by atoms with Gasteiger partial charge in [0.05, 0.1) is 12.8 Å². The molecule has 0 aliphatic carbocycles. The second kappa shape index (κ2) is 5.35. The number of nitrogens with one attached hydrogen (secondary N) is 1. The van der Waals surface area contributed by atoms with Crippen molar-refractivity contribution in [1.82, 2.24) is 9.97 Å². The summed E-state index contributed by atoms with van der Waals surface area (Å²) in [6.45, 7) is 0. The number of hydrogen-bond donors (Lipinski definition) is 1. The van der Waals surface area contributed by atoms with Crippen molar-refractivity contribution in [1.29, 1.82) is 0 Å². The summed E-state index contributed by atoms with van der Waals surface area (Å²) in [5.41, 5.74) is 0.878. The normalized spacial score (nSPS) is 9.94. The summed E-state index contributed by atoms with van der Waals surface area (Å²) < 4.78 is 5.28. The van der Waals surface area contributed by atoms with Crippen LogP contribution in [0.4, 0.5) is 17.3 Å². The summed E-state index contributed by atoms with van der Waals surface area (Å²) in [4.78, 5) is 10.3. The summed E-state index contributed by atoms with van der Waals surface area (Å²) >= 11 is 0. The maximum Gasteiger partial charge on any atom is 0.142 e. The van der Waals surface area contributed by atoms with E-state index >= 15 is 0 Å². The van der Waals surface area contributed by atoms with Crippen molar-refractivity contribution in [3.63, 3.8) is 0 Å². The van der Waals surface area contributed by atoms with Crippen LogP contribution in [-0.2, 0) is 0 Å². The molecule has 0 atom stereocenters. The molecule has 0 aliphatic heterocycles. The smallest absolute Gasteiger partial charge is 0.142 e. The van der Waals surface area contributed by atoms with E-state index in [-0.39, 0.29) is 0 Å². The van der Waals surface area contributed by atoms with Gasteiger partial charge in [-0.05, 0) is 12.1 Å². The second-order valence-corrected chi connectivity index (χ2v) is 3.98. The first-order valence-corrected chi connectivity index (χ1v) is 5.60. The summed E-state index contributed by atoms with van der Waals surface area (Å²) in [5, 5.41) is 3.22. The Kier molecular flexibility index (Phi) is 3.62. The number of rotatable bonds is 4. The Labute approximate surface area is 106 Å². The minimum atomic E-state index is 0.734. The number of hydrogen-bond acceptors (Lipinski definition) is 5. The molecule has 1 aromatic heterocycles. The Morgan fingerprint density at radius 2 is 1.94 bits per heavy atom. The summed E-state index contributed by atoms with van der Waals surface area (Å²) in [5.74, 6) is 2.36. The zero-order chi connectivity index (χ0) is 13.0. The lowest BCUT2D eigenvalue weighted by atomic mass is 10.3. The molecule has 18 heavy (non-hydrogen) atoms. The van der Waals surface area contributed by atoms with Crippen LogP contribution in [0.1, 0.15) is 0 Å². The van der Waals surface area contributed by atoms with Crippen molar-refractivity contribution in [2.75, 3.05) is 31.4 Å². The number of ether oxygens (including phenoxy) is 1. The van der Waals surface area contributed by atoms with Crippen LogP contribution in [0.2, 0.25) is 0 Å². The van der Waals surface area contributed by atoms with Crippen LogP contribution in [0.15, 0.2) is 36.7 Å². The van der Waals surface area contributed by atoms with Gasteiger partial charge in [-0.1, -0.05) is 12.1 Å². The predicted octanol–water partition coefficient (Wildman–Crippen LogP) is 2.29. The van der Waals surface area contributed by atoms with Gasteiger partial charge in [0.2, 0.25) is 0 Å². The Bertz CT molecular complexity index is 528. The van der Waals surface area contributed by atoms with Crippen LogP contribution in [-0.4, -0.2) is 31.2 Å². The highest BCUT2D eigenvalue weighted by atomic mass is 16.5. The first-order chi connectivity index (χ1) is 8.70. The van der Waals surface area contributed by atoms with E-state index in [0.717, 1.165) is 23.1 Å². The van der Waals surface area contributed by atoms with Gasteiger partial charge in [0.25, 0.3) is 0 Å². The molecule has 0 saturated heterocycles. The molecule has 0 radical (unpaired) electrons. The highest BCUT2D eigenvalue weighted by Crippen LogP contribution is 2.26. The molecule has 0 saturated carbocycles. The fourth-order valence-electron chi connectivity index (χ4n) is 1.55. The standard InChI is InChI=1S/C13H16N4O/c1-17(2)13-8-12(14-9-15-13)16-10-6-4-5-7-11(10)18-3/h4-9H,1-3H3,(H,14,15,16). The first-order valence-electron chi connectivity index (χ1n) is 5.60. The van der Waals surface area contributed by atoms with E-state index in [1.807, 2.05) is 49.3 Å². The van der Waals surface area contributed by atoms with E-state index in [1.165, 1.54) is 6.33 Å². The topological polar surface area (TPSA) is 50.3 Å². The van der Waals surface area contributed by atoms with E-state index in [4.69, 9.17) is 4.74 Å². The molecule has 5 nitrogen and oxygen atoms in total. The number of anilines is 3. The van der Waals surface area contributed by atoms with Crippen LogP contribution >= 0.6 is 0 Å². The van der Waals surface area contributed by atoms with Crippen molar-refractivity contribution >= 4 is 17.3 Å². The zero-order valence-electron chi connectivity index (χ0n) is 10.7. The lowest BCUT2D eigenvalue weighted by Crippen LogP contribution is -2.11. The largest absolute Gasteiger partial charge is 0.495 e. The number of aromatic nitrogens is 2. The van der Waals surface area contributed by atoms with E-state index in [2.05, 4.69) is 15.3 Å². The van der Waals surface area contributed by atoms with E-state index < -0.39 is 0 Å². The Morgan fingerprint density at radius 1 is 1.17 bits per heavy atom. The molecule has 5 heteroatoms. The third-order valence-electron chi connectivity index (χ3n) is 2.48. The van der Waals surface area contributed by atoms with Gasteiger partial charge >= 0.3 is 0 Å². The van der Waals surface area contributed by atoms with Crippen LogP contribution in [0, 0.1) is 0 Å². The minimum Gasteiger partial charge on any atom is -0.495 e. The predicted molar refractivity (Wildman–Crippen MR) is 72.6 cm³/mol. The first kappa shape index (κ1) is 12.2. The Balaban J connectivity index is 2.25. The minimum absolute atomic E-state index is 0.734. The average Bonchev–Trinajstić information content (AvgIpc) is 2.39.